The third-order valence-corrected chi connectivity index (χ3v) is 3.82. The van der Waals surface area contributed by atoms with Gasteiger partial charge in [-0.05, 0) is 41.8 Å². The van der Waals surface area contributed by atoms with Crippen molar-refractivity contribution in [3.8, 4) is 5.75 Å². The van der Waals surface area contributed by atoms with Gasteiger partial charge in [0.15, 0.2) is 6.61 Å². The lowest BCUT2D eigenvalue weighted by molar-refractivity contribution is -0.149. The monoisotopic (exact) mass is 398 g/mol. The Bertz CT molecular complexity index is 870. The highest BCUT2D eigenvalue weighted by Crippen LogP contribution is 2.24. The van der Waals surface area contributed by atoms with Crippen LogP contribution in [0, 0.1) is 5.41 Å². The molecule has 0 heterocycles. The van der Waals surface area contributed by atoms with Crippen LogP contribution in [0.4, 0.5) is 11.4 Å². The summed E-state index contributed by atoms with van der Waals surface area (Å²) in [6, 6.07) is 13.5. The van der Waals surface area contributed by atoms with E-state index in [0.29, 0.717) is 22.7 Å². The minimum Gasteiger partial charge on any atom is -0.495 e. The Morgan fingerprint density at radius 3 is 2.21 bits per heavy atom. The molecule has 0 spiro atoms. The zero-order valence-corrected chi connectivity index (χ0v) is 17.1. The van der Waals surface area contributed by atoms with Crippen molar-refractivity contribution in [1.82, 2.24) is 0 Å². The van der Waals surface area contributed by atoms with Gasteiger partial charge < -0.3 is 20.1 Å². The highest BCUT2D eigenvalue weighted by Gasteiger charge is 2.18. The van der Waals surface area contributed by atoms with Crippen LogP contribution in [0.1, 0.15) is 37.6 Å². The molecular weight excluding hydrogens is 372 g/mol. The maximum absolute atomic E-state index is 12.4. The largest absolute Gasteiger partial charge is 0.495 e. The third kappa shape index (κ3) is 7.29. The lowest BCUT2D eigenvalue weighted by Crippen LogP contribution is -2.23. The summed E-state index contributed by atoms with van der Waals surface area (Å²) in [4.78, 5) is 36.0. The quantitative estimate of drug-likeness (QED) is 0.691. The standard InChI is InChI=1S/C22H26N2O5/c1-22(2,3)13-20(26)29-14-19(25)23-16-11-9-15(10-12-16)21(27)24-17-7-5-6-8-18(17)28-4/h5-12H,13-14H2,1-4H3,(H,23,25)(H,24,27). The van der Waals surface area contributed by atoms with Gasteiger partial charge in [-0.2, -0.15) is 0 Å². The number of hydrogen-bond acceptors (Lipinski definition) is 5. The van der Waals surface area contributed by atoms with Crippen molar-refractivity contribution in [1.29, 1.82) is 0 Å². The first-order chi connectivity index (χ1) is 13.7. The molecule has 0 atom stereocenters. The fourth-order valence-corrected chi connectivity index (χ4v) is 2.47. The van der Waals surface area contributed by atoms with Gasteiger partial charge in [0, 0.05) is 11.3 Å². The molecule has 2 aromatic rings. The minimum absolute atomic E-state index is 0.201. The van der Waals surface area contributed by atoms with Crippen molar-refractivity contribution in [3.05, 3.63) is 54.1 Å². The van der Waals surface area contributed by atoms with Gasteiger partial charge in [-0.15, -0.1) is 0 Å². The lowest BCUT2D eigenvalue weighted by Gasteiger charge is -2.16. The minimum atomic E-state index is -0.446. The Hall–Kier alpha value is -3.35. The summed E-state index contributed by atoms with van der Waals surface area (Å²) < 4.78 is 10.2. The van der Waals surface area contributed by atoms with Crippen LogP contribution in [0.5, 0.6) is 5.75 Å². The molecular formula is C22H26N2O5. The van der Waals surface area contributed by atoms with E-state index in [2.05, 4.69) is 10.6 Å². The van der Waals surface area contributed by atoms with Crippen LogP contribution >= 0.6 is 0 Å². The predicted octanol–water partition coefficient (Wildman–Crippen LogP) is 3.87. The Morgan fingerprint density at radius 1 is 0.931 bits per heavy atom. The van der Waals surface area contributed by atoms with Gasteiger partial charge in [-0.3, -0.25) is 14.4 Å². The number of rotatable bonds is 7. The summed E-state index contributed by atoms with van der Waals surface area (Å²) in [5, 5.41) is 5.41. The van der Waals surface area contributed by atoms with Gasteiger partial charge in [0.1, 0.15) is 5.75 Å². The van der Waals surface area contributed by atoms with Crippen LogP contribution in [0.15, 0.2) is 48.5 Å². The second-order valence-corrected chi connectivity index (χ2v) is 7.68. The molecule has 154 valence electrons. The maximum Gasteiger partial charge on any atom is 0.306 e. The highest BCUT2D eigenvalue weighted by molar-refractivity contribution is 6.05. The van der Waals surface area contributed by atoms with Crippen LogP contribution < -0.4 is 15.4 Å². The number of ether oxygens (including phenoxy) is 2. The van der Waals surface area contributed by atoms with Gasteiger partial charge in [-0.25, -0.2) is 0 Å². The SMILES string of the molecule is COc1ccccc1NC(=O)c1ccc(NC(=O)COC(=O)CC(C)(C)C)cc1. The molecule has 0 aliphatic carbocycles. The number of carbonyl (C=O) groups is 3. The topological polar surface area (TPSA) is 93.7 Å². The van der Waals surface area contributed by atoms with Gasteiger partial charge in [0.05, 0.1) is 19.2 Å². The van der Waals surface area contributed by atoms with Crippen LogP contribution in [0.2, 0.25) is 0 Å². The Balaban J connectivity index is 1.88. The van der Waals surface area contributed by atoms with Crippen molar-refractivity contribution >= 4 is 29.2 Å². The second kappa shape index (κ2) is 9.73. The predicted molar refractivity (Wildman–Crippen MR) is 111 cm³/mol. The van der Waals surface area contributed by atoms with Crippen LogP contribution in [0.25, 0.3) is 0 Å². The van der Waals surface area contributed by atoms with Gasteiger partial charge in [0.25, 0.3) is 11.8 Å². The molecule has 0 saturated heterocycles. The number of para-hydroxylation sites is 2. The number of methoxy groups -OCH3 is 1. The molecule has 2 aromatic carbocycles. The first-order valence-corrected chi connectivity index (χ1v) is 9.18. The molecule has 0 unspecified atom stereocenters. The average molecular weight is 398 g/mol. The second-order valence-electron chi connectivity index (χ2n) is 7.68. The summed E-state index contributed by atoms with van der Waals surface area (Å²) >= 11 is 0. The number of esters is 1. The normalized spacial score (nSPS) is 10.8. The van der Waals surface area contributed by atoms with Gasteiger partial charge in [0.2, 0.25) is 0 Å². The molecule has 29 heavy (non-hydrogen) atoms. The third-order valence-electron chi connectivity index (χ3n) is 3.82. The molecule has 0 aliphatic heterocycles. The van der Waals surface area contributed by atoms with E-state index < -0.39 is 11.9 Å². The van der Waals surface area contributed by atoms with Crippen LogP contribution in [-0.2, 0) is 14.3 Å². The smallest absolute Gasteiger partial charge is 0.306 e. The molecule has 0 aliphatic rings. The number of anilines is 2. The lowest BCUT2D eigenvalue weighted by atomic mass is 9.92. The molecule has 2 amide bonds. The Labute approximate surface area is 170 Å². The zero-order valence-electron chi connectivity index (χ0n) is 17.1. The summed E-state index contributed by atoms with van der Waals surface area (Å²) in [5.74, 6) is -0.608. The summed E-state index contributed by atoms with van der Waals surface area (Å²) in [6.45, 7) is 5.39. The molecule has 2 rings (SSSR count). The molecule has 0 radical (unpaired) electrons. The van der Waals surface area contributed by atoms with Gasteiger partial charge >= 0.3 is 5.97 Å². The molecule has 2 N–H and O–H groups in total. The van der Waals surface area contributed by atoms with E-state index in [1.165, 1.54) is 7.11 Å². The number of hydrogen-bond donors (Lipinski definition) is 2. The van der Waals surface area contributed by atoms with E-state index in [-0.39, 0.29) is 24.3 Å². The first-order valence-electron chi connectivity index (χ1n) is 9.18. The zero-order chi connectivity index (χ0) is 21.4. The van der Waals surface area contributed by atoms with Crippen molar-refractivity contribution in [3.63, 3.8) is 0 Å². The molecule has 0 saturated carbocycles. The van der Waals surface area contributed by atoms with Crippen molar-refractivity contribution in [2.45, 2.75) is 27.2 Å². The highest BCUT2D eigenvalue weighted by atomic mass is 16.5. The fourth-order valence-electron chi connectivity index (χ4n) is 2.47. The molecule has 0 bridgehead atoms. The molecule has 0 aromatic heterocycles. The van der Waals surface area contributed by atoms with E-state index >= 15 is 0 Å². The van der Waals surface area contributed by atoms with Gasteiger partial charge in [-0.1, -0.05) is 32.9 Å². The molecule has 7 nitrogen and oxygen atoms in total. The maximum atomic E-state index is 12.4. The summed E-state index contributed by atoms with van der Waals surface area (Å²) in [5.41, 5.74) is 1.28. The Morgan fingerprint density at radius 2 is 1.59 bits per heavy atom. The van der Waals surface area contributed by atoms with E-state index in [1.807, 2.05) is 26.8 Å². The van der Waals surface area contributed by atoms with E-state index in [9.17, 15) is 14.4 Å². The van der Waals surface area contributed by atoms with Crippen molar-refractivity contribution < 1.29 is 23.9 Å². The van der Waals surface area contributed by atoms with E-state index in [1.54, 1.807) is 42.5 Å². The number of benzene rings is 2. The average Bonchev–Trinajstić information content (AvgIpc) is 2.66. The van der Waals surface area contributed by atoms with E-state index in [0.717, 1.165) is 0 Å². The number of carbonyl (C=O) groups excluding carboxylic acids is 3. The summed E-state index contributed by atoms with van der Waals surface area (Å²) in [7, 11) is 1.53. The summed E-state index contributed by atoms with van der Waals surface area (Å²) in [6.07, 6.45) is 0.232. The molecule has 7 heteroatoms. The van der Waals surface area contributed by atoms with Crippen molar-refractivity contribution in [2.24, 2.45) is 5.41 Å². The number of nitrogens with one attached hydrogen (secondary N) is 2. The fraction of sp³-hybridized carbons (Fsp3) is 0.318. The molecule has 0 fully saturated rings. The van der Waals surface area contributed by atoms with Crippen LogP contribution in [0.3, 0.4) is 0 Å². The van der Waals surface area contributed by atoms with E-state index in [4.69, 9.17) is 9.47 Å². The van der Waals surface area contributed by atoms with Crippen molar-refractivity contribution in [2.75, 3.05) is 24.4 Å². The first kappa shape index (κ1) is 21.9. The Kier molecular flexibility index (Phi) is 7.36. The number of amides is 2. The van der Waals surface area contributed by atoms with Crippen LogP contribution in [-0.4, -0.2) is 31.5 Å².